The van der Waals surface area contributed by atoms with Crippen LogP contribution < -0.4 is 4.18 Å². The van der Waals surface area contributed by atoms with Crippen molar-refractivity contribution in [1.82, 2.24) is 4.90 Å². The van der Waals surface area contributed by atoms with Gasteiger partial charge < -0.3 is 9.08 Å². The summed E-state index contributed by atoms with van der Waals surface area (Å²) in [5, 5.41) is 0. The van der Waals surface area contributed by atoms with Crippen LogP contribution in [0.15, 0.2) is 89.8 Å². The third-order valence-corrected chi connectivity index (χ3v) is 6.80. The van der Waals surface area contributed by atoms with Crippen LogP contribution in [0, 0.1) is 0 Å². The molecule has 0 heterocycles. The Morgan fingerprint density at radius 1 is 1.00 bits per heavy atom. The maximum absolute atomic E-state index is 12.9. The Bertz CT molecular complexity index is 1300. The number of carbonyl (C=O) groups is 1. The van der Waals surface area contributed by atoms with Gasteiger partial charge in [-0.1, -0.05) is 55.5 Å². The van der Waals surface area contributed by atoms with Crippen molar-refractivity contribution in [2.75, 3.05) is 0 Å². The second kappa shape index (κ2) is 11.4. The highest BCUT2D eigenvalue weighted by molar-refractivity contribution is 7.87. The SMILES string of the molecule is CCC(C)N(Cc1ccc(OS(=O)(=O)c2cccc(C(F)(F)F)c2)cc1)C(=O)C=Cc1ccccc1. The van der Waals surface area contributed by atoms with Gasteiger partial charge in [0.15, 0.2) is 0 Å². The van der Waals surface area contributed by atoms with Gasteiger partial charge in [0.25, 0.3) is 0 Å². The molecule has 0 bridgehead atoms. The van der Waals surface area contributed by atoms with Gasteiger partial charge in [-0.3, -0.25) is 4.79 Å². The minimum atomic E-state index is -4.68. The van der Waals surface area contributed by atoms with Crippen molar-refractivity contribution >= 4 is 22.1 Å². The van der Waals surface area contributed by atoms with Crippen LogP contribution in [0.2, 0.25) is 0 Å². The van der Waals surface area contributed by atoms with Gasteiger partial charge in [0.1, 0.15) is 10.6 Å². The minimum absolute atomic E-state index is 0.0462. The number of hydrogen-bond donors (Lipinski definition) is 0. The molecule has 0 aliphatic heterocycles. The molecule has 0 aromatic heterocycles. The number of hydrogen-bond acceptors (Lipinski definition) is 4. The first-order valence-electron chi connectivity index (χ1n) is 11.2. The molecule has 1 unspecified atom stereocenters. The fourth-order valence-electron chi connectivity index (χ4n) is 3.35. The zero-order valence-corrected chi connectivity index (χ0v) is 20.6. The summed E-state index contributed by atoms with van der Waals surface area (Å²) in [6, 6.07) is 18.8. The highest BCUT2D eigenvalue weighted by atomic mass is 32.2. The Morgan fingerprint density at radius 2 is 1.67 bits per heavy atom. The minimum Gasteiger partial charge on any atom is -0.379 e. The molecule has 0 fully saturated rings. The highest BCUT2D eigenvalue weighted by Crippen LogP contribution is 2.31. The predicted octanol–water partition coefficient (Wildman–Crippen LogP) is 6.31. The molecule has 0 aliphatic carbocycles. The molecule has 190 valence electrons. The summed E-state index contributed by atoms with van der Waals surface area (Å²) in [4.78, 5) is 14.0. The van der Waals surface area contributed by atoms with E-state index in [0.717, 1.165) is 35.7 Å². The van der Waals surface area contributed by atoms with Crippen molar-refractivity contribution in [3.8, 4) is 5.75 Å². The topological polar surface area (TPSA) is 63.7 Å². The molecule has 5 nitrogen and oxygen atoms in total. The van der Waals surface area contributed by atoms with E-state index >= 15 is 0 Å². The largest absolute Gasteiger partial charge is 0.416 e. The smallest absolute Gasteiger partial charge is 0.379 e. The van der Waals surface area contributed by atoms with E-state index in [2.05, 4.69) is 0 Å². The summed E-state index contributed by atoms with van der Waals surface area (Å²) in [5.41, 5.74) is 0.553. The first kappa shape index (κ1) is 27.0. The molecular formula is C27H26F3NO4S. The summed E-state index contributed by atoms with van der Waals surface area (Å²) >= 11 is 0. The van der Waals surface area contributed by atoms with Crippen LogP contribution in [0.5, 0.6) is 5.75 Å². The Labute approximate surface area is 209 Å². The zero-order valence-electron chi connectivity index (χ0n) is 19.8. The lowest BCUT2D eigenvalue weighted by molar-refractivity contribution is -0.137. The second-order valence-corrected chi connectivity index (χ2v) is 9.72. The van der Waals surface area contributed by atoms with E-state index in [1.165, 1.54) is 18.2 Å². The number of alkyl halides is 3. The van der Waals surface area contributed by atoms with E-state index in [4.69, 9.17) is 4.18 Å². The average Bonchev–Trinajstić information content (AvgIpc) is 2.86. The van der Waals surface area contributed by atoms with Gasteiger partial charge >= 0.3 is 16.3 Å². The maximum Gasteiger partial charge on any atom is 0.416 e. The molecular weight excluding hydrogens is 491 g/mol. The molecule has 3 aromatic carbocycles. The summed E-state index contributed by atoms with van der Waals surface area (Å²) < 4.78 is 68.8. The van der Waals surface area contributed by atoms with Gasteiger partial charge in [0.2, 0.25) is 5.91 Å². The summed E-state index contributed by atoms with van der Waals surface area (Å²) in [7, 11) is -4.47. The van der Waals surface area contributed by atoms with Gasteiger partial charge in [-0.05, 0) is 60.9 Å². The molecule has 0 spiro atoms. The maximum atomic E-state index is 12.9. The molecule has 36 heavy (non-hydrogen) atoms. The predicted molar refractivity (Wildman–Crippen MR) is 131 cm³/mol. The van der Waals surface area contributed by atoms with Crippen LogP contribution >= 0.6 is 0 Å². The van der Waals surface area contributed by atoms with Crippen molar-refractivity contribution in [3.05, 3.63) is 102 Å². The molecule has 0 N–H and O–H groups in total. The Kier molecular flexibility index (Phi) is 8.57. The fourth-order valence-corrected chi connectivity index (χ4v) is 4.33. The summed E-state index contributed by atoms with van der Waals surface area (Å²) in [6.07, 6.45) is -0.683. The second-order valence-electron chi connectivity index (χ2n) is 8.17. The molecule has 1 atom stereocenters. The van der Waals surface area contributed by atoms with Crippen molar-refractivity contribution in [3.63, 3.8) is 0 Å². The van der Waals surface area contributed by atoms with Crippen molar-refractivity contribution in [2.45, 2.75) is 43.9 Å². The van der Waals surface area contributed by atoms with Gasteiger partial charge in [-0.2, -0.15) is 21.6 Å². The van der Waals surface area contributed by atoms with Gasteiger partial charge in [-0.25, -0.2) is 0 Å². The molecule has 0 saturated heterocycles. The lowest BCUT2D eigenvalue weighted by Crippen LogP contribution is -2.36. The van der Waals surface area contributed by atoms with Crippen molar-refractivity contribution in [2.24, 2.45) is 0 Å². The lowest BCUT2D eigenvalue weighted by atomic mass is 10.1. The first-order chi connectivity index (χ1) is 17.0. The Morgan fingerprint density at radius 3 is 2.28 bits per heavy atom. The summed E-state index contributed by atoms with van der Waals surface area (Å²) in [5.74, 6) is -0.220. The van der Waals surface area contributed by atoms with E-state index in [1.54, 1.807) is 23.1 Å². The van der Waals surface area contributed by atoms with E-state index in [0.29, 0.717) is 6.07 Å². The number of amides is 1. The van der Waals surface area contributed by atoms with Crippen LogP contribution in [-0.2, 0) is 27.6 Å². The van der Waals surface area contributed by atoms with E-state index in [9.17, 15) is 26.4 Å². The van der Waals surface area contributed by atoms with Crippen LogP contribution in [-0.4, -0.2) is 25.3 Å². The normalized spacial score (nSPS) is 12.9. The molecule has 3 aromatic rings. The Balaban J connectivity index is 1.73. The quantitative estimate of drug-likeness (QED) is 0.246. The van der Waals surface area contributed by atoms with E-state index in [-0.39, 0.29) is 24.2 Å². The molecule has 1 amide bonds. The molecule has 0 saturated carbocycles. The zero-order chi connectivity index (χ0) is 26.3. The van der Waals surface area contributed by atoms with Gasteiger partial charge in [0.05, 0.1) is 5.56 Å². The third-order valence-electron chi connectivity index (χ3n) is 5.56. The molecule has 0 aliphatic rings. The first-order valence-corrected chi connectivity index (χ1v) is 12.6. The standard InChI is InChI=1S/C27H26F3NO4S/c1-3-20(2)31(26(32)17-14-21-8-5-4-6-9-21)19-22-12-15-24(16-13-22)35-36(33,34)25-11-7-10-23(18-25)27(28,29)30/h4-18,20H,3,19H2,1-2H3. The van der Waals surface area contributed by atoms with E-state index in [1.807, 2.05) is 44.2 Å². The van der Waals surface area contributed by atoms with Crippen LogP contribution in [0.3, 0.4) is 0 Å². The van der Waals surface area contributed by atoms with Gasteiger partial charge in [-0.15, -0.1) is 0 Å². The van der Waals surface area contributed by atoms with Crippen LogP contribution in [0.1, 0.15) is 37.0 Å². The van der Waals surface area contributed by atoms with E-state index < -0.39 is 26.8 Å². The summed E-state index contributed by atoms with van der Waals surface area (Å²) in [6.45, 7) is 4.20. The highest BCUT2D eigenvalue weighted by Gasteiger charge is 2.32. The number of nitrogens with zero attached hydrogens (tertiary/aromatic N) is 1. The lowest BCUT2D eigenvalue weighted by Gasteiger charge is -2.27. The number of halogens is 3. The number of benzene rings is 3. The monoisotopic (exact) mass is 517 g/mol. The number of carbonyl (C=O) groups excluding carboxylic acids is 1. The molecule has 0 radical (unpaired) electrons. The third kappa shape index (κ3) is 7.21. The van der Waals surface area contributed by atoms with Crippen LogP contribution in [0.25, 0.3) is 6.08 Å². The van der Waals surface area contributed by atoms with Crippen molar-refractivity contribution in [1.29, 1.82) is 0 Å². The Hall–Kier alpha value is -3.59. The molecule has 3 rings (SSSR count). The van der Waals surface area contributed by atoms with Crippen LogP contribution in [0.4, 0.5) is 13.2 Å². The van der Waals surface area contributed by atoms with Crippen molar-refractivity contribution < 1.29 is 30.6 Å². The molecule has 9 heteroatoms. The number of rotatable bonds is 9. The average molecular weight is 518 g/mol. The fraction of sp³-hybridized carbons (Fsp3) is 0.222. The van der Waals surface area contributed by atoms with Gasteiger partial charge in [0, 0.05) is 18.7 Å².